The van der Waals surface area contributed by atoms with Crippen LogP contribution in [0.4, 0.5) is 0 Å². The van der Waals surface area contributed by atoms with Crippen LogP contribution in [0, 0.1) is 0 Å². The van der Waals surface area contributed by atoms with Crippen LogP contribution in [0.2, 0.25) is 0 Å². The van der Waals surface area contributed by atoms with E-state index in [4.69, 9.17) is 0 Å². The first-order valence-electron chi connectivity index (χ1n) is 5.55. The molecule has 0 aliphatic heterocycles. The summed E-state index contributed by atoms with van der Waals surface area (Å²) in [7, 11) is 4.14. The van der Waals surface area contributed by atoms with Gasteiger partial charge in [-0.15, -0.1) is 0 Å². The van der Waals surface area contributed by atoms with E-state index in [0.717, 1.165) is 45.8 Å². The molecule has 0 aromatic carbocycles. The summed E-state index contributed by atoms with van der Waals surface area (Å²) in [6, 6.07) is 0. The molecule has 3 N–H and O–H groups in total. The van der Waals surface area contributed by atoms with Gasteiger partial charge in [-0.25, -0.2) is 0 Å². The number of rotatable bonds is 10. The van der Waals surface area contributed by atoms with E-state index in [0.29, 0.717) is 0 Å². The molecule has 0 radical (unpaired) electrons. The van der Waals surface area contributed by atoms with Crippen LogP contribution in [0.5, 0.6) is 0 Å². The Labute approximate surface area is 88.4 Å². The molecule has 0 aliphatic carbocycles. The van der Waals surface area contributed by atoms with E-state index in [2.05, 4.69) is 34.8 Å². The zero-order valence-corrected chi connectivity index (χ0v) is 9.90. The van der Waals surface area contributed by atoms with Crippen molar-refractivity contribution >= 4 is 0 Å². The Morgan fingerprint density at radius 2 is 1.57 bits per heavy atom. The SMILES string of the molecule is CCNCCNCCN(C)CCNC. The fourth-order valence-corrected chi connectivity index (χ4v) is 1.16. The van der Waals surface area contributed by atoms with E-state index < -0.39 is 0 Å². The van der Waals surface area contributed by atoms with Crippen molar-refractivity contribution in [3.8, 4) is 0 Å². The van der Waals surface area contributed by atoms with Gasteiger partial charge in [0.25, 0.3) is 0 Å². The van der Waals surface area contributed by atoms with Crippen molar-refractivity contribution in [3.63, 3.8) is 0 Å². The highest BCUT2D eigenvalue weighted by molar-refractivity contribution is 4.56. The lowest BCUT2D eigenvalue weighted by Gasteiger charge is -2.16. The summed E-state index contributed by atoms with van der Waals surface area (Å²) in [4.78, 5) is 2.33. The lowest BCUT2D eigenvalue weighted by molar-refractivity contribution is 0.333. The molecule has 14 heavy (non-hydrogen) atoms. The summed E-state index contributed by atoms with van der Waals surface area (Å²) in [6.07, 6.45) is 0. The topological polar surface area (TPSA) is 39.3 Å². The van der Waals surface area contributed by atoms with Crippen LogP contribution in [0.1, 0.15) is 6.92 Å². The molecule has 0 unspecified atom stereocenters. The Morgan fingerprint density at radius 1 is 0.929 bits per heavy atom. The predicted molar refractivity (Wildman–Crippen MR) is 62.8 cm³/mol. The Balaban J connectivity index is 3.02. The van der Waals surface area contributed by atoms with E-state index in [-0.39, 0.29) is 0 Å². The van der Waals surface area contributed by atoms with Gasteiger partial charge in [0.15, 0.2) is 0 Å². The molecule has 0 aliphatic rings. The van der Waals surface area contributed by atoms with E-state index in [1.807, 2.05) is 7.05 Å². The molecule has 0 bridgehead atoms. The molecule has 0 rings (SSSR count). The van der Waals surface area contributed by atoms with Crippen molar-refractivity contribution in [2.75, 3.05) is 59.9 Å². The van der Waals surface area contributed by atoms with Crippen LogP contribution >= 0.6 is 0 Å². The Morgan fingerprint density at radius 3 is 2.21 bits per heavy atom. The number of hydrogen-bond donors (Lipinski definition) is 3. The van der Waals surface area contributed by atoms with Gasteiger partial charge >= 0.3 is 0 Å². The van der Waals surface area contributed by atoms with Gasteiger partial charge in [0.1, 0.15) is 0 Å². The minimum atomic E-state index is 1.06. The van der Waals surface area contributed by atoms with Gasteiger partial charge in [-0.3, -0.25) is 0 Å². The maximum absolute atomic E-state index is 3.40. The van der Waals surface area contributed by atoms with Crippen LogP contribution in [0.25, 0.3) is 0 Å². The number of nitrogens with zero attached hydrogens (tertiary/aromatic N) is 1. The third-order valence-electron chi connectivity index (χ3n) is 2.14. The molecule has 0 aromatic rings. The van der Waals surface area contributed by atoms with Crippen molar-refractivity contribution in [1.82, 2.24) is 20.9 Å². The normalized spacial score (nSPS) is 11.1. The minimum absolute atomic E-state index is 1.06. The lowest BCUT2D eigenvalue weighted by atomic mass is 10.5. The third-order valence-corrected chi connectivity index (χ3v) is 2.14. The molecule has 0 fully saturated rings. The standard InChI is InChI=1S/C10H26N4/c1-4-12-5-6-13-8-10-14(3)9-7-11-2/h11-13H,4-10H2,1-3H3. The molecule has 0 spiro atoms. The average Bonchev–Trinajstić information content (AvgIpc) is 2.20. The highest BCUT2D eigenvalue weighted by atomic mass is 15.1. The Hall–Kier alpha value is -0.160. The molecule has 4 heteroatoms. The first-order chi connectivity index (χ1) is 6.81. The van der Waals surface area contributed by atoms with E-state index in [9.17, 15) is 0 Å². The minimum Gasteiger partial charge on any atom is -0.318 e. The van der Waals surface area contributed by atoms with Crippen molar-refractivity contribution in [3.05, 3.63) is 0 Å². The van der Waals surface area contributed by atoms with Crippen molar-refractivity contribution in [2.24, 2.45) is 0 Å². The van der Waals surface area contributed by atoms with E-state index in [1.54, 1.807) is 0 Å². The summed E-state index contributed by atoms with van der Waals surface area (Å²) in [6.45, 7) is 9.69. The summed E-state index contributed by atoms with van der Waals surface area (Å²) in [5, 5.41) is 9.83. The monoisotopic (exact) mass is 202 g/mol. The molecule has 0 atom stereocenters. The van der Waals surface area contributed by atoms with Gasteiger partial charge in [-0.2, -0.15) is 0 Å². The third kappa shape index (κ3) is 9.92. The predicted octanol–water partition coefficient (Wildman–Crippen LogP) is -0.663. The maximum atomic E-state index is 3.40. The van der Waals surface area contributed by atoms with Gasteiger partial charge in [-0.05, 0) is 20.6 Å². The second-order valence-electron chi connectivity index (χ2n) is 3.51. The van der Waals surface area contributed by atoms with Crippen LogP contribution in [0.3, 0.4) is 0 Å². The summed E-state index contributed by atoms with van der Waals surface area (Å²) >= 11 is 0. The van der Waals surface area contributed by atoms with Crippen molar-refractivity contribution in [2.45, 2.75) is 6.92 Å². The average molecular weight is 202 g/mol. The van der Waals surface area contributed by atoms with Gasteiger partial charge in [0.2, 0.25) is 0 Å². The second-order valence-corrected chi connectivity index (χ2v) is 3.51. The zero-order chi connectivity index (χ0) is 10.6. The van der Waals surface area contributed by atoms with Gasteiger partial charge in [-0.1, -0.05) is 6.92 Å². The quantitative estimate of drug-likeness (QED) is 0.411. The zero-order valence-electron chi connectivity index (χ0n) is 9.90. The molecule has 0 saturated heterocycles. The molecule has 0 heterocycles. The van der Waals surface area contributed by atoms with Crippen LogP contribution < -0.4 is 16.0 Å². The fraction of sp³-hybridized carbons (Fsp3) is 1.00. The van der Waals surface area contributed by atoms with Gasteiger partial charge < -0.3 is 20.9 Å². The highest BCUT2D eigenvalue weighted by Crippen LogP contribution is 1.77. The summed E-state index contributed by atoms with van der Waals surface area (Å²) < 4.78 is 0. The number of likely N-dealkylation sites (N-methyl/N-ethyl adjacent to an activating group) is 3. The largest absolute Gasteiger partial charge is 0.318 e. The molecular formula is C10H26N4. The molecule has 0 amide bonds. The first kappa shape index (κ1) is 13.8. The van der Waals surface area contributed by atoms with Gasteiger partial charge in [0, 0.05) is 39.3 Å². The van der Waals surface area contributed by atoms with Gasteiger partial charge in [0.05, 0.1) is 0 Å². The smallest absolute Gasteiger partial charge is 0.0104 e. The summed E-state index contributed by atoms with van der Waals surface area (Å²) in [5.74, 6) is 0. The molecule has 4 nitrogen and oxygen atoms in total. The lowest BCUT2D eigenvalue weighted by Crippen LogP contribution is -2.35. The second kappa shape index (κ2) is 10.9. The van der Waals surface area contributed by atoms with Crippen LogP contribution in [-0.4, -0.2) is 64.8 Å². The highest BCUT2D eigenvalue weighted by Gasteiger charge is 1.95. The fourth-order valence-electron chi connectivity index (χ4n) is 1.16. The van der Waals surface area contributed by atoms with Crippen molar-refractivity contribution in [1.29, 1.82) is 0 Å². The summed E-state index contributed by atoms with van der Waals surface area (Å²) in [5.41, 5.74) is 0. The Kier molecular flexibility index (Phi) is 10.8. The van der Waals surface area contributed by atoms with Crippen molar-refractivity contribution < 1.29 is 0 Å². The van der Waals surface area contributed by atoms with E-state index >= 15 is 0 Å². The molecular weight excluding hydrogens is 176 g/mol. The molecule has 86 valence electrons. The number of hydrogen-bond acceptors (Lipinski definition) is 4. The first-order valence-corrected chi connectivity index (χ1v) is 5.55. The maximum Gasteiger partial charge on any atom is 0.0104 e. The number of nitrogens with one attached hydrogen (secondary N) is 3. The van der Waals surface area contributed by atoms with E-state index in [1.165, 1.54) is 0 Å². The Bertz CT molecular complexity index is 108. The molecule has 0 aromatic heterocycles. The van der Waals surface area contributed by atoms with Crippen LogP contribution in [0.15, 0.2) is 0 Å². The van der Waals surface area contributed by atoms with Crippen LogP contribution in [-0.2, 0) is 0 Å². The molecule has 0 saturated carbocycles.